The second-order valence-electron chi connectivity index (χ2n) is 13.8. The zero-order valence-electron chi connectivity index (χ0n) is 30.0. The number of carbonyl (C=O) groups excluding carboxylic acids is 3. The van der Waals surface area contributed by atoms with Crippen molar-refractivity contribution in [2.75, 3.05) is 5.32 Å². The molecule has 0 saturated heterocycles. The predicted molar refractivity (Wildman–Crippen MR) is 199 cm³/mol. The van der Waals surface area contributed by atoms with E-state index >= 15 is 0 Å². The normalized spacial score (nSPS) is 11.4. The number of nitrogens with one attached hydrogen (secondary N) is 3. The SMILES string of the molecule is CC[n+]1c(-c2ccccc2)c2cc(NC(=O)OCc3ccccc3)ccc2c2ccc(N=C(NC(=O)OC(C)(C)C)NC(=O)OC(C)(C)C)cc21. The fourth-order valence-corrected chi connectivity index (χ4v) is 5.49. The van der Waals surface area contributed by atoms with Crippen molar-refractivity contribution < 1.29 is 33.2 Å². The summed E-state index contributed by atoms with van der Waals surface area (Å²) in [7, 11) is 0. The van der Waals surface area contributed by atoms with Gasteiger partial charge in [-0.05, 0) is 90.4 Å². The number of hydrogen-bond acceptors (Lipinski definition) is 7. The van der Waals surface area contributed by atoms with E-state index in [4.69, 9.17) is 14.2 Å². The van der Waals surface area contributed by atoms with Gasteiger partial charge in [-0.3, -0.25) is 16.0 Å². The second-order valence-corrected chi connectivity index (χ2v) is 13.8. The number of hydrogen-bond donors (Lipinski definition) is 3. The summed E-state index contributed by atoms with van der Waals surface area (Å²) in [5.74, 6) is -0.153. The van der Waals surface area contributed by atoms with Gasteiger partial charge in [0.15, 0.2) is 0 Å². The highest BCUT2D eigenvalue weighted by molar-refractivity contribution is 6.11. The maximum absolute atomic E-state index is 12.8. The van der Waals surface area contributed by atoms with Crippen molar-refractivity contribution >= 4 is 57.3 Å². The second kappa shape index (κ2) is 15.3. The maximum Gasteiger partial charge on any atom is 0.414 e. The molecule has 0 unspecified atom stereocenters. The molecule has 5 aromatic rings. The van der Waals surface area contributed by atoms with Gasteiger partial charge >= 0.3 is 18.3 Å². The summed E-state index contributed by atoms with van der Waals surface area (Å²) >= 11 is 0. The molecule has 0 spiro atoms. The number of aryl methyl sites for hydroxylation is 1. The van der Waals surface area contributed by atoms with Crippen molar-refractivity contribution in [3.63, 3.8) is 0 Å². The number of anilines is 1. The van der Waals surface area contributed by atoms with E-state index in [-0.39, 0.29) is 12.6 Å². The van der Waals surface area contributed by atoms with E-state index in [1.807, 2.05) is 91.0 Å². The Balaban J connectivity index is 1.58. The fraction of sp³-hybridized carbons (Fsp3) is 0.275. The Labute approximate surface area is 297 Å². The van der Waals surface area contributed by atoms with Crippen molar-refractivity contribution in [2.24, 2.45) is 4.99 Å². The van der Waals surface area contributed by atoms with Crippen LogP contribution < -0.4 is 20.5 Å². The number of carbonyl (C=O) groups is 3. The Hall–Kier alpha value is -5.97. The molecule has 4 aromatic carbocycles. The van der Waals surface area contributed by atoms with Crippen LogP contribution in [-0.4, -0.2) is 35.4 Å². The third-order valence-electron chi connectivity index (χ3n) is 7.41. The summed E-state index contributed by atoms with van der Waals surface area (Å²) in [5.41, 5.74) is 3.17. The minimum atomic E-state index is -0.785. The number of aliphatic imine (C=N–C) groups is 1. The molecule has 264 valence electrons. The largest absolute Gasteiger partial charge is 0.444 e. The fourth-order valence-electron chi connectivity index (χ4n) is 5.49. The highest BCUT2D eigenvalue weighted by Crippen LogP contribution is 2.34. The van der Waals surface area contributed by atoms with E-state index in [1.54, 1.807) is 47.6 Å². The van der Waals surface area contributed by atoms with Crippen LogP contribution in [0.25, 0.3) is 32.9 Å². The third-order valence-corrected chi connectivity index (χ3v) is 7.41. The average Bonchev–Trinajstić information content (AvgIpc) is 3.05. The number of aromatic nitrogens is 1. The number of ether oxygens (including phenoxy) is 3. The minimum absolute atomic E-state index is 0.153. The van der Waals surface area contributed by atoms with Gasteiger partial charge < -0.3 is 14.2 Å². The lowest BCUT2D eigenvalue weighted by Gasteiger charge is -2.22. The molecule has 1 aromatic heterocycles. The van der Waals surface area contributed by atoms with Crippen LogP contribution in [-0.2, 0) is 27.4 Å². The Bertz CT molecular complexity index is 2050. The molecule has 51 heavy (non-hydrogen) atoms. The standard InChI is InChI=1S/C40H43N5O6/c1-8-45-33-24-29(41-35(43-37(47)50-39(2,3)4)44-38(48)51-40(5,6)7)20-22-31(33)30-21-19-28(23-32(30)34(45)27-17-13-10-14-18-27)42-36(46)49-25-26-15-11-9-12-16-26/h9-24H,8,25H2,1-7H3,(H2,42,43,44,46,47,48)/p+1. The molecule has 0 radical (unpaired) electrons. The first-order valence-electron chi connectivity index (χ1n) is 16.7. The average molecular weight is 691 g/mol. The van der Waals surface area contributed by atoms with E-state index in [0.29, 0.717) is 17.9 Å². The zero-order chi connectivity index (χ0) is 36.8. The van der Waals surface area contributed by atoms with Crippen LogP contribution in [0.3, 0.4) is 0 Å². The van der Waals surface area contributed by atoms with E-state index in [9.17, 15) is 14.4 Å². The Kier molecular flexibility index (Phi) is 10.9. The Morgan fingerprint density at radius 3 is 1.86 bits per heavy atom. The summed E-state index contributed by atoms with van der Waals surface area (Å²) in [4.78, 5) is 42.9. The highest BCUT2D eigenvalue weighted by atomic mass is 16.6. The molecule has 0 aliphatic rings. The number of rotatable bonds is 6. The molecule has 5 rings (SSSR count). The van der Waals surface area contributed by atoms with Crippen molar-refractivity contribution in [2.45, 2.75) is 72.8 Å². The molecule has 1 heterocycles. The van der Waals surface area contributed by atoms with Crippen LogP contribution in [0, 0.1) is 0 Å². The van der Waals surface area contributed by atoms with E-state index in [0.717, 1.165) is 38.5 Å². The van der Waals surface area contributed by atoms with Crippen LogP contribution in [0.1, 0.15) is 54.0 Å². The topological polar surface area (TPSA) is 131 Å². The molecule has 11 heteroatoms. The van der Waals surface area contributed by atoms with Gasteiger partial charge in [0.05, 0.1) is 16.5 Å². The lowest BCUT2D eigenvalue weighted by Crippen LogP contribution is -2.47. The molecule has 11 nitrogen and oxygen atoms in total. The van der Waals surface area contributed by atoms with Crippen LogP contribution in [0.2, 0.25) is 0 Å². The number of amides is 3. The summed E-state index contributed by atoms with van der Waals surface area (Å²) in [6.07, 6.45) is -2.12. The number of guanidine groups is 1. The monoisotopic (exact) mass is 690 g/mol. The first-order valence-corrected chi connectivity index (χ1v) is 16.7. The Morgan fingerprint density at radius 1 is 0.686 bits per heavy atom. The van der Waals surface area contributed by atoms with Crippen LogP contribution in [0.5, 0.6) is 0 Å². The van der Waals surface area contributed by atoms with Gasteiger partial charge in [-0.2, -0.15) is 4.57 Å². The van der Waals surface area contributed by atoms with Gasteiger partial charge in [0.25, 0.3) is 0 Å². The number of pyridine rings is 1. The quantitative estimate of drug-likeness (QED) is 0.0537. The Morgan fingerprint density at radius 2 is 1.27 bits per heavy atom. The number of fused-ring (bicyclic) bond motifs is 3. The lowest BCUT2D eigenvalue weighted by atomic mass is 9.98. The van der Waals surface area contributed by atoms with Gasteiger partial charge in [0.2, 0.25) is 17.2 Å². The van der Waals surface area contributed by atoms with Crippen molar-refractivity contribution in [3.05, 3.63) is 103 Å². The zero-order valence-corrected chi connectivity index (χ0v) is 30.0. The maximum atomic E-state index is 12.8. The third kappa shape index (κ3) is 9.81. The molecule has 0 aliphatic heterocycles. The molecular formula is C40H44N5O6+. The van der Waals surface area contributed by atoms with Crippen molar-refractivity contribution in [1.82, 2.24) is 10.6 Å². The van der Waals surface area contributed by atoms with Gasteiger partial charge in [0.1, 0.15) is 24.4 Å². The van der Waals surface area contributed by atoms with Gasteiger partial charge in [-0.15, -0.1) is 0 Å². The van der Waals surface area contributed by atoms with Crippen LogP contribution in [0.15, 0.2) is 102 Å². The molecule has 0 aliphatic carbocycles. The summed E-state index contributed by atoms with van der Waals surface area (Å²) in [5, 5.41) is 10.8. The van der Waals surface area contributed by atoms with E-state index in [2.05, 4.69) is 32.4 Å². The smallest absolute Gasteiger partial charge is 0.414 e. The first-order chi connectivity index (χ1) is 24.2. The first kappa shape index (κ1) is 36.3. The van der Waals surface area contributed by atoms with Gasteiger partial charge in [-0.25, -0.2) is 19.4 Å². The van der Waals surface area contributed by atoms with Crippen LogP contribution in [0.4, 0.5) is 25.8 Å². The molecule has 3 N–H and O–H groups in total. The number of benzene rings is 4. The van der Waals surface area contributed by atoms with Gasteiger partial charge in [0, 0.05) is 22.7 Å². The van der Waals surface area contributed by atoms with E-state index in [1.165, 1.54) is 0 Å². The molecule has 0 bridgehead atoms. The lowest BCUT2D eigenvalue weighted by molar-refractivity contribution is -0.655. The number of alkyl carbamates (subject to hydrolysis) is 2. The molecule has 3 amide bonds. The van der Waals surface area contributed by atoms with Gasteiger partial charge in [-0.1, -0.05) is 54.6 Å². The van der Waals surface area contributed by atoms with Crippen LogP contribution >= 0.6 is 0 Å². The molecule has 0 fully saturated rings. The number of nitrogens with zero attached hydrogens (tertiary/aromatic N) is 2. The summed E-state index contributed by atoms with van der Waals surface area (Å²) < 4.78 is 18.5. The van der Waals surface area contributed by atoms with Crippen molar-refractivity contribution in [3.8, 4) is 11.3 Å². The molecule has 0 atom stereocenters. The highest BCUT2D eigenvalue weighted by Gasteiger charge is 2.25. The molecular weight excluding hydrogens is 646 g/mol. The minimum Gasteiger partial charge on any atom is -0.444 e. The molecule has 0 saturated carbocycles. The predicted octanol–water partition coefficient (Wildman–Crippen LogP) is 8.75. The van der Waals surface area contributed by atoms with E-state index < -0.39 is 29.5 Å². The van der Waals surface area contributed by atoms with Crippen molar-refractivity contribution in [1.29, 1.82) is 0 Å². The summed E-state index contributed by atoms with van der Waals surface area (Å²) in [6.45, 7) is 13.2. The summed E-state index contributed by atoms with van der Waals surface area (Å²) in [6, 6.07) is 30.9.